The number of carbonyl (C=O) groups is 1. The van der Waals surface area contributed by atoms with E-state index in [-0.39, 0.29) is 19.0 Å². The Balaban J connectivity index is 3.66. The van der Waals surface area contributed by atoms with Crippen molar-refractivity contribution >= 4 is 15.9 Å². The maximum absolute atomic E-state index is 10.8. The molecule has 0 spiro atoms. The molecule has 0 radical (unpaired) electrons. The fourth-order valence-electron chi connectivity index (χ4n) is 0.581. The summed E-state index contributed by atoms with van der Waals surface area (Å²) in [4.78, 5) is 10.4. The van der Waals surface area contributed by atoms with Gasteiger partial charge in [-0.3, -0.25) is 4.79 Å². The van der Waals surface area contributed by atoms with Crippen molar-refractivity contribution < 1.29 is 13.2 Å². The van der Waals surface area contributed by atoms with Gasteiger partial charge in [-0.2, -0.15) is 5.26 Å². The van der Waals surface area contributed by atoms with Crippen molar-refractivity contribution in [3.63, 3.8) is 0 Å². The van der Waals surface area contributed by atoms with Crippen LogP contribution in [0.4, 0.5) is 0 Å². The number of carbonyl (C=O) groups excluding carboxylic acids is 1. The molecular formula is C6H11N3O3S. The van der Waals surface area contributed by atoms with Gasteiger partial charge >= 0.3 is 0 Å². The highest BCUT2D eigenvalue weighted by Gasteiger charge is 2.07. The fraction of sp³-hybridized carbons (Fsp3) is 0.667. The second-order valence-corrected chi connectivity index (χ2v) is 4.10. The van der Waals surface area contributed by atoms with E-state index in [1.54, 1.807) is 0 Å². The Morgan fingerprint density at radius 1 is 1.46 bits per heavy atom. The normalized spacial score (nSPS) is 10.5. The Bertz CT molecular complexity index is 304. The van der Waals surface area contributed by atoms with Gasteiger partial charge in [-0.25, -0.2) is 13.1 Å². The third kappa shape index (κ3) is 7.24. The SMILES string of the molecule is CC(=O)NCCNS(=O)(=O)CC#N. The molecule has 1 amide bonds. The van der Waals surface area contributed by atoms with Crippen LogP contribution in [0.25, 0.3) is 0 Å². The van der Waals surface area contributed by atoms with Crippen molar-refractivity contribution in [1.29, 1.82) is 5.26 Å². The minimum Gasteiger partial charge on any atom is -0.355 e. The van der Waals surface area contributed by atoms with Gasteiger partial charge in [-0.15, -0.1) is 0 Å². The Morgan fingerprint density at radius 2 is 2.08 bits per heavy atom. The van der Waals surface area contributed by atoms with Crippen molar-refractivity contribution in [2.24, 2.45) is 0 Å². The summed E-state index contributed by atoms with van der Waals surface area (Å²) in [5.74, 6) is -0.785. The van der Waals surface area contributed by atoms with Crippen molar-refractivity contribution in [2.45, 2.75) is 6.92 Å². The van der Waals surface area contributed by atoms with Crippen LogP contribution in [0.2, 0.25) is 0 Å². The molecule has 13 heavy (non-hydrogen) atoms. The monoisotopic (exact) mass is 205 g/mol. The van der Waals surface area contributed by atoms with E-state index < -0.39 is 15.8 Å². The largest absolute Gasteiger partial charge is 0.355 e. The fourth-order valence-corrected chi connectivity index (χ4v) is 1.27. The quantitative estimate of drug-likeness (QED) is 0.537. The highest BCUT2D eigenvalue weighted by molar-refractivity contribution is 7.89. The standard InChI is InChI=1S/C6H11N3O3S/c1-6(10)8-3-4-9-13(11,12)5-2-7/h9H,3-5H2,1H3,(H,8,10). The van der Waals surface area contributed by atoms with E-state index in [2.05, 4.69) is 10.0 Å². The van der Waals surface area contributed by atoms with Gasteiger partial charge in [0.25, 0.3) is 0 Å². The van der Waals surface area contributed by atoms with Crippen LogP contribution in [-0.4, -0.2) is 33.2 Å². The number of rotatable bonds is 5. The zero-order chi connectivity index (χ0) is 10.3. The molecule has 0 bridgehead atoms. The highest BCUT2D eigenvalue weighted by atomic mass is 32.2. The molecule has 0 aliphatic carbocycles. The Labute approximate surface area is 77.0 Å². The molecular weight excluding hydrogens is 194 g/mol. The Kier molecular flexibility index (Phi) is 5.03. The van der Waals surface area contributed by atoms with E-state index in [0.717, 1.165) is 0 Å². The second-order valence-electron chi connectivity index (χ2n) is 2.29. The maximum atomic E-state index is 10.8. The van der Waals surface area contributed by atoms with Crippen LogP contribution >= 0.6 is 0 Å². The second kappa shape index (κ2) is 5.50. The number of amides is 1. The average molecular weight is 205 g/mol. The molecule has 0 saturated carbocycles. The minimum absolute atomic E-state index is 0.101. The maximum Gasteiger partial charge on any atom is 0.225 e. The zero-order valence-corrected chi connectivity index (χ0v) is 8.02. The summed E-state index contributed by atoms with van der Waals surface area (Å²) in [5.41, 5.74) is 0. The topological polar surface area (TPSA) is 99.1 Å². The molecule has 74 valence electrons. The van der Waals surface area contributed by atoms with Crippen LogP contribution in [0.15, 0.2) is 0 Å². The third-order valence-electron chi connectivity index (χ3n) is 1.08. The smallest absolute Gasteiger partial charge is 0.225 e. The summed E-state index contributed by atoms with van der Waals surface area (Å²) >= 11 is 0. The highest BCUT2D eigenvalue weighted by Crippen LogP contribution is 1.79. The molecule has 0 aromatic rings. The lowest BCUT2D eigenvalue weighted by Gasteiger charge is -2.03. The summed E-state index contributed by atoms with van der Waals surface area (Å²) < 4.78 is 23.8. The van der Waals surface area contributed by atoms with E-state index in [1.807, 2.05) is 0 Å². The molecule has 0 rings (SSSR count). The summed E-state index contributed by atoms with van der Waals surface area (Å²) in [5, 5.41) is 10.5. The summed E-state index contributed by atoms with van der Waals surface area (Å²) in [7, 11) is -3.49. The van der Waals surface area contributed by atoms with Crippen molar-refractivity contribution in [2.75, 3.05) is 18.8 Å². The number of sulfonamides is 1. The first kappa shape index (κ1) is 11.9. The van der Waals surface area contributed by atoms with Crippen LogP contribution in [0, 0.1) is 11.3 Å². The average Bonchev–Trinajstić information content (AvgIpc) is 1.98. The molecule has 0 aromatic carbocycles. The van der Waals surface area contributed by atoms with Gasteiger partial charge in [0.1, 0.15) is 0 Å². The first-order chi connectivity index (χ1) is 5.98. The lowest BCUT2D eigenvalue weighted by molar-refractivity contribution is -0.118. The van der Waals surface area contributed by atoms with Crippen molar-refractivity contribution in [1.82, 2.24) is 10.0 Å². The molecule has 0 aliphatic rings. The van der Waals surface area contributed by atoms with Crippen LogP contribution in [0.3, 0.4) is 0 Å². The molecule has 0 aromatic heterocycles. The van der Waals surface area contributed by atoms with Crippen LogP contribution in [0.5, 0.6) is 0 Å². The van der Waals surface area contributed by atoms with Crippen LogP contribution in [-0.2, 0) is 14.8 Å². The predicted molar refractivity (Wildman–Crippen MR) is 46.1 cm³/mol. The molecule has 2 N–H and O–H groups in total. The summed E-state index contributed by atoms with van der Waals surface area (Å²) in [6.45, 7) is 1.66. The van der Waals surface area contributed by atoms with Crippen molar-refractivity contribution in [3.05, 3.63) is 0 Å². The Hall–Kier alpha value is -1.13. The van der Waals surface area contributed by atoms with Gasteiger partial charge in [0.15, 0.2) is 5.75 Å². The van der Waals surface area contributed by atoms with E-state index in [1.165, 1.54) is 13.0 Å². The molecule has 0 aliphatic heterocycles. The number of hydrogen-bond acceptors (Lipinski definition) is 4. The molecule has 0 saturated heterocycles. The Morgan fingerprint density at radius 3 is 2.54 bits per heavy atom. The lowest BCUT2D eigenvalue weighted by Crippen LogP contribution is -2.34. The number of nitrogens with one attached hydrogen (secondary N) is 2. The van der Waals surface area contributed by atoms with Crippen molar-refractivity contribution in [3.8, 4) is 6.07 Å². The lowest BCUT2D eigenvalue weighted by atomic mass is 10.6. The molecule has 0 fully saturated rings. The molecule has 0 unspecified atom stereocenters. The zero-order valence-electron chi connectivity index (χ0n) is 7.20. The predicted octanol–water partition coefficient (Wildman–Crippen LogP) is -1.43. The van der Waals surface area contributed by atoms with E-state index in [4.69, 9.17) is 5.26 Å². The number of hydrogen-bond donors (Lipinski definition) is 2. The van der Waals surface area contributed by atoms with Gasteiger partial charge in [-0.1, -0.05) is 0 Å². The number of nitriles is 1. The van der Waals surface area contributed by atoms with Gasteiger partial charge < -0.3 is 5.32 Å². The van der Waals surface area contributed by atoms with E-state index in [9.17, 15) is 13.2 Å². The first-order valence-electron chi connectivity index (χ1n) is 3.56. The summed E-state index contributed by atoms with van der Waals surface area (Å²) in [6.07, 6.45) is 0. The summed E-state index contributed by atoms with van der Waals surface area (Å²) in [6, 6.07) is 1.52. The third-order valence-corrected chi connectivity index (χ3v) is 2.23. The molecule has 0 atom stereocenters. The van der Waals surface area contributed by atoms with Crippen LogP contribution < -0.4 is 10.0 Å². The van der Waals surface area contributed by atoms with E-state index in [0.29, 0.717) is 0 Å². The first-order valence-corrected chi connectivity index (χ1v) is 5.22. The van der Waals surface area contributed by atoms with Gasteiger partial charge in [0.2, 0.25) is 15.9 Å². The van der Waals surface area contributed by atoms with Gasteiger partial charge in [0.05, 0.1) is 6.07 Å². The van der Waals surface area contributed by atoms with Gasteiger partial charge in [-0.05, 0) is 0 Å². The molecule has 0 heterocycles. The molecule has 7 heteroatoms. The van der Waals surface area contributed by atoms with Crippen LogP contribution in [0.1, 0.15) is 6.92 Å². The number of nitrogens with zero attached hydrogens (tertiary/aromatic N) is 1. The molecule has 6 nitrogen and oxygen atoms in total. The van der Waals surface area contributed by atoms with E-state index >= 15 is 0 Å². The minimum atomic E-state index is -3.49. The van der Waals surface area contributed by atoms with Gasteiger partial charge in [0, 0.05) is 20.0 Å².